The van der Waals surface area contributed by atoms with E-state index >= 15 is 0 Å². The summed E-state index contributed by atoms with van der Waals surface area (Å²) in [5.74, 6) is -0.865. The fourth-order valence-electron chi connectivity index (χ4n) is 1.94. The van der Waals surface area contributed by atoms with E-state index in [1.807, 2.05) is 0 Å². The number of rotatable bonds is 3. The molecule has 0 aromatic heterocycles. The Labute approximate surface area is 109 Å². The van der Waals surface area contributed by atoms with Gasteiger partial charge in [-0.1, -0.05) is 0 Å². The van der Waals surface area contributed by atoms with Crippen molar-refractivity contribution in [2.75, 3.05) is 17.3 Å². The van der Waals surface area contributed by atoms with Gasteiger partial charge in [-0.05, 0) is 24.3 Å². The van der Waals surface area contributed by atoms with Gasteiger partial charge in [-0.15, -0.1) is 11.6 Å². The van der Waals surface area contributed by atoms with E-state index in [1.54, 1.807) is 12.1 Å². The van der Waals surface area contributed by atoms with Crippen LogP contribution in [0.2, 0.25) is 0 Å². The van der Waals surface area contributed by atoms with Crippen LogP contribution in [0.5, 0.6) is 0 Å². The normalized spacial score (nSPS) is 19.1. The lowest BCUT2D eigenvalue weighted by molar-refractivity contribution is -0.119. The van der Waals surface area contributed by atoms with Crippen LogP contribution in [0.25, 0.3) is 0 Å². The summed E-state index contributed by atoms with van der Waals surface area (Å²) in [5.41, 5.74) is 0.629. The Balaban J connectivity index is 2.05. The molecule has 6 heteroatoms. The lowest BCUT2D eigenvalue weighted by Crippen LogP contribution is -2.37. The van der Waals surface area contributed by atoms with E-state index in [4.69, 9.17) is 11.6 Å². The first-order valence-corrected chi connectivity index (χ1v) is 6.05. The van der Waals surface area contributed by atoms with Gasteiger partial charge in [0.1, 0.15) is 11.7 Å². The van der Waals surface area contributed by atoms with Gasteiger partial charge in [0.05, 0.1) is 6.04 Å². The quantitative estimate of drug-likeness (QED) is 0.842. The SMILES string of the molecule is O=C(CCl)N[C@H]1CC(=O)N(c2ccc(F)cc2)C1. The molecular formula is C12H12ClFN2O2. The molecule has 2 rings (SSSR count). The Morgan fingerprint density at radius 2 is 2.11 bits per heavy atom. The van der Waals surface area contributed by atoms with Crippen molar-refractivity contribution in [3.05, 3.63) is 30.1 Å². The number of halogens is 2. The number of carbonyl (C=O) groups is 2. The molecule has 1 aromatic rings. The molecule has 0 spiro atoms. The van der Waals surface area contributed by atoms with Crippen molar-refractivity contribution >= 4 is 29.1 Å². The van der Waals surface area contributed by atoms with E-state index in [0.29, 0.717) is 12.2 Å². The van der Waals surface area contributed by atoms with E-state index < -0.39 is 0 Å². The van der Waals surface area contributed by atoms with E-state index in [-0.39, 0.29) is 36.0 Å². The minimum atomic E-state index is -0.350. The molecule has 1 heterocycles. The highest BCUT2D eigenvalue weighted by molar-refractivity contribution is 6.27. The third-order valence-corrected chi connectivity index (χ3v) is 2.99. The van der Waals surface area contributed by atoms with Crippen molar-refractivity contribution in [3.63, 3.8) is 0 Å². The first-order valence-electron chi connectivity index (χ1n) is 5.51. The molecule has 0 radical (unpaired) electrons. The van der Waals surface area contributed by atoms with Crippen molar-refractivity contribution in [2.24, 2.45) is 0 Å². The summed E-state index contributed by atoms with van der Waals surface area (Å²) in [7, 11) is 0. The highest BCUT2D eigenvalue weighted by Crippen LogP contribution is 2.21. The van der Waals surface area contributed by atoms with E-state index in [9.17, 15) is 14.0 Å². The van der Waals surface area contributed by atoms with Crippen LogP contribution < -0.4 is 10.2 Å². The summed E-state index contributed by atoms with van der Waals surface area (Å²) in [4.78, 5) is 24.5. The molecule has 0 unspecified atom stereocenters. The maximum atomic E-state index is 12.8. The predicted molar refractivity (Wildman–Crippen MR) is 66.0 cm³/mol. The summed E-state index contributed by atoms with van der Waals surface area (Å²) in [5, 5.41) is 2.66. The molecule has 2 amide bonds. The molecule has 0 aliphatic carbocycles. The molecular weight excluding hydrogens is 259 g/mol. The Morgan fingerprint density at radius 3 is 2.72 bits per heavy atom. The number of alkyl halides is 1. The summed E-state index contributed by atoms with van der Waals surface area (Å²) < 4.78 is 12.8. The molecule has 0 saturated carbocycles. The number of hydrogen-bond acceptors (Lipinski definition) is 2. The predicted octanol–water partition coefficient (Wildman–Crippen LogP) is 1.29. The molecule has 1 aliphatic rings. The minimum absolute atomic E-state index is 0.0959. The summed E-state index contributed by atoms with van der Waals surface area (Å²) in [6.07, 6.45) is 0.236. The topological polar surface area (TPSA) is 49.4 Å². The molecule has 1 aromatic carbocycles. The third kappa shape index (κ3) is 2.79. The minimum Gasteiger partial charge on any atom is -0.350 e. The average molecular weight is 271 g/mol. The molecule has 0 bridgehead atoms. The van der Waals surface area contributed by atoms with Gasteiger partial charge in [0.15, 0.2) is 0 Å². The van der Waals surface area contributed by atoms with Crippen LogP contribution in [0, 0.1) is 5.82 Å². The Morgan fingerprint density at radius 1 is 1.44 bits per heavy atom. The smallest absolute Gasteiger partial charge is 0.235 e. The van der Waals surface area contributed by atoms with Gasteiger partial charge >= 0.3 is 0 Å². The van der Waals surface area contributed by atoms with Gasteiger partial charge in [-0.2, -0.15) is 0 Å². The molecule has 1 atom stereocenters. The highest BCUT2D eigenvalue weighted by atomic mass is 35.5. The molecule has 1 N–H and O–H groups in total. The zero-order valence-electron chi connectivity index (χ0n) is 9.53. The van der Waals surface area contributed by atoms with Crippen molar-refractivity contribution < 1.29 is 14.0 Å². The standard InChI is InChI=1S/C12H12ClFN2O2/c13-6-11(17)15-9-5-12(18)16(7-9)10-3-1-8(14)2-4-10/h1-4,9H,5-7H2,(H,15,17)/t9-/m0/s1. The third-order valence-electron chi connectivity index (χ3n) is 2.75. The first kappa shape index (κ1) is 12.8. The second-order valence-electron chi connectivity index (χ2n) is 4.08. The number of nitrogens with one attached hydrogen (secondary N) is 1. The van der Waals surface area contributed by atoms with Gasteiger partial charge in [0.25, 0.3) is 0 Å². The average Bonchev–Trinajstić information content (AvgIpc) is 2.71. The second-order valence-corrected chi connectivity index (χ2v) is 4.35. The molecule has 1 saturated heterocycles. The highest BCUT2D eigenvalue weighted by Gasteiger charge is 2.31. The zero-order chi connectivity index (χ0) is 13.1. The van der Waals surface area contributed by atoms with E-state index in [0.717, 1.165) is 0 Å². The first-order chi connectivity index (χ1) is 8.60. The largest absolute Gasteiger partial charge is 0.350 e. The number of anilines is 1. The zero-order valence-corrected chi connectivity index (χ0v) is 10.3. The number of amides is 2. The van der Waals surface area contributed by atoms with E-state index in [2.05, 4.69) is 5.32 Å². The van der Waals surface area contributed by atoms with Crippen molar-refractivity contribution in [3.8, 4) is 0 Å². The molecule has 18 heavy (non-hydrogen) atoms. The Kier molecular flexibility index (Phi) is 3.81. The lowest BCUT2D eigenvalue weighted by atomic mass is 10.2. The van der Waals surface area contributed by atoms with Gasteiger partial charge in [-0.25, -0.2) is 4.39 Å². The monoisotopic (exact) mass is 270 g/mol. The number of nitrogens with zero attached hydrogens (tertiary/aromatic N) is 1. The van der Waals surface area contributed by atoms with Gasteiger partial charge in [0.2, 0.25) is 11.8 Å². The van der Waals surface area contributed by atoms with Crippen LogP contribution in [0.15, 0.2) is 24.3 Å². The van der Waals surface area contributed by atoms with Crippen LogP contribution >= 0.6 is 11.6 Å². The van der Waals surface area contributed by atoms with Crippen LogP contribution in [0.4, 0.5) is 10.1 Å². The van der Waals surface area contributed by atoms with Gasteiger partial charge in [-0.3, -0.25) is 9.59 Å². The Hall–Kier alpha value is -1.62. The molecule has 96 valence electrons. The van der Waals surface area contributed by atoms with E-state index in [1.165, 1.54) is 17.0 Å². The summed E-state index contributed by atoms with van der Waals surface area (Å²) in [6, 6.07) is 5.44. The summed E-state index contributed by atoms with van der Waals surface area (Å²) in [6.45, 7) is 0.382. The molecule has 1 fully saturated rings. The van der Waals surface area contributed by atoms with Crippen LogP contribution in [-0.2, 0) is 9.59 Å². The Bertz CT molecular complexity index is 464. The van der Waals surface area contributed by atoms with Crippen molar-refractivity contribution in [1.82, 2.24) is 5.32 Å². The second kappa shape index (κ2) is 5.35. The maximum absolute atomic E-state index is 12.8. The van der Waals surface area contributed by atoms with Crippen LogP contribution in [0.1, 0.15) is 6.42 Å². The van der Waals surface area contributed by atoms with Crippen LogP contribution in [0.3, 0.4) is 0 Å². The number of carbonyl (C=O) groups excluding carboxylic acids is 2. The lowest BCUT2D eigenvalue weighted by Gasteiger charge is -2.16. The number of benzene rings is 1. The van der Waals surface area contributed by atoms with Gasteiger partial charge < -0.3 is 10.2 Å². The fourth-order valence-corrected chi connectivity index (χ4v) is 2.02. The molecule has 1 aliphatic heterocycles. The van der Waals surface area contributed by atoms with Crippen molar-refractivity contribution in [1.29, 1.82) is 0 Å². The molecule has 4 nitrogen and oxygen atoms in total. The van der Waals surface area contributed by atoms with Crippen molar-refractivity contribution in [2.45, 2.75) is 12.5 Å². The fraction of sp³-hybridized carbons (Fsp3) is 0.333. The number of hydrogen-bond donors (Lipinski definition) is 1. The van der Waals surface area contributed by atoms with Crippen LogP contribution in [-0.4, -0.2) is 30.3 Å². The maximum Gasteiger partial charge on any atom is 0.235 e. The van der Waals surface area contributed by atoms with Gasteiger partial charge in [0, 0.05) is 18.7 Å². The summed E-state index contributed by atoms with van der Waals surface area (Å²) >= 11 is 5.39.